The lowest BCUT2D eigenvalue weighted by Crippen LogP contribution is -2.47. The van der Waals surface area contributed by atoms with Crippen LogP contribution in [0.4, 0.5) is 11.5 Å². The van der Waals surface area contributed by atoms with Gasteiger partial charge in [-0.2, -0.15) is 0 Å². The first-order chi connectivity index (χ1) is 11.2. The Morgan fingerprint density at radius 2 is 1.74 bits per heavy atom. The summed E-state index contributed by atoms with van der Waals surface area (Å²) in [5.74, 6) is 2.84. The molecule has 0 aliphatic carbocycles. The highest BCUT2D eigenvalue weighted by Crippen LogP contribution is 2.29. The van der Waals surface area contributed by atoms with Gasteiger partial charge in [0.25, 0.3) is 0 Å². The zero-order valence-electron chi connectivity index (χ0n) is 14.1. The number of hydrogen-bond donors (Lipinski definition) is 0. The number of aromatic nitrogens is 2. The third kappa shape index (κ3) is 3.38. The smallest absolute Gasteiger partial charge is 0.142 e. The van der Waals surface area contributed by atoms with E-state index in [-0.39, 0.29) is 0 Å². The SMILES string of the molecule is CCc1cc(N2CCN(c3ccccc3OC)CC2)nc(C)n1. The number of anilines is 2. The van der Waals surface area contributed by atoms with E-state index in [0.29, 0.717) is 0 Å². The van der Waals surface area contributed by atoms with Crippen molar-refractivity contribution in [1.82, 2.24) is 9.97 Å². The molecule has 0 bridgehead atoms. The quantitative estimate of drug-likeness (QED) is 0.868. The molecule has 5 heteroatoms. The van der Waals surface area contributed by atoms with Crippen molar-refractivity contribution in [2.75, 3.05) is 43.1 Å². The Kier molecular flexibility index (Phi) is 4.65. The lowest BCUT2D eigenvalue weighted by atomic mass is 10.2. The molecule has 5 nitrogen and oxygen atoms in total. The average molecular weight is 312 g/mol. The minimum atomic E-state index is 0.853. The average Bonchev–Trinajstić information content (AvgIpc) is 2.61. The monoisotopic (exact) mass is 312 g/mol. The molecule has 1 aromatic heterocycles. The maximum Gasteiger partial charge on any atom is 0.142 e. The molecule has 0 N–H and O–H groups in total. The molecule has 3 rings (SSSR count). The number of methoxy groups -OCH3 is 1. The van der Waals surface area contributed by atoms with Gasteiger partial charge >= 0.3 is 0 Å². The van der Waals surface area contributed by atoms with Crippen LogP contribution in [0.2, 0.25) is 0 Å². The van der Waals surface area contributed by atoms with Gasteiger partial charge < -0.3 is 14.5 Å². The molecule has 122 valence electrons. The molecule has 1 aliphatic rings. The summed E-state index contributed by atoms with van der Waals surface area (Å²) in [5, 5.41) is 0. The zero-order chi connectivity index (χ0) is 16.2. The van der Waals surface area contributed by atoms with Crippen LogP contribution in [0.15, 0.2) is 30.3 Å². The minimum absolute atomic E-state index is 0.853. The first kappa shape index (κ1) is 15.6. The molecule has 2 aromatic rings. The second-order valence-electron chi connectivity index (χ2n) is 5.76. The molecule has 0 saturated carbocycles. The molecular weight excluding hydrogens is 288 g/mol. The first-order valence-electron chi connectivity index (χ1n) is 8.18. The van der Waals surface area contributed by atoms with Crippen molar-refractivity contribution in [3.8, 4) is 5.75 Å². The second-order valence-corrected chi connectivity index (χ2v) is 5.76. The molecule has 0 radical (unpaired) electrons. The van der Waals surface area contributed by atoms with Gasteiger partial charge in [0.05, 0.1) is 12.8 Å². The largest absolute Gasteiger partial charge is 0.495 e. The number of hydrogen-bond acceptors (Lipinski definition) is 5. The molecule has 0 unspecified atom stereocenters. The Morgan fingerprint density at radius 1 is 1.04 bits per heavy atom. The van der Waals surface area contributed by atoms with Crippen LogP contribution < -0.4 is 14.5 Å². The van der Waals surface area contributed by atoms with Gasteiger partial charge in [0, 0.05) is 37.9 Å². The summed E-state index contributed by atoms with van der Waals surface area (Å²) >= 11 is 0. The summed E-state index contributed by atoms with van der Waals surface area (Å²) in [4.78, 5) is 13.8. The van der Waals surface area contributed by atoms with Gasteiger partial charge in [-0.3, -0.25) is 0 Å². The summed E-state index contributed by atoms with van der Waals surface area (Å²) < 4.78 is 5.48. The molecule has 1 saturated heterocycles. The third-order valence-electron chi connectivity index (χ3n) is 4.27. The zero-order valence-corrected chi connectivity index (χ0v) is 14.1. The van der Waals surface area contributed by atoms with Crippen LogP contribution in [0.1, 0.15) is 18.4 Å². The van der Waals surface area contributed by atoms with Crippen molar-refractivity contribution >= 4 is 11.5 Å². The van der Waals surface area contributed by atoms with Crippen molar-refractivity contribution in [2.24, 2.45) is 0 Å². The van der Waals surface area contributed by atoms with Gasteiger partial charge in [0.15, 0.2) is 0 Å². The van der Waals surface area contributed by atoms with E-state index < -0.39 is 0 Å². The number of piperazine rings is 1. The van der Waals surface area contributed by atoms with E-state index >= 15 is 0 Å². The van der Waals surface area contributed by atoms with Gasteiger partial charge in [0.2, 0.25) is 0 Å². The lowest BCUT2D eigenvalue weighted by molar-refractivity contribution is 0.413. The van der Waals surface area contributed by atoms with Crippen LogP contribution in [0, 0.1) is 6.92 Å². The maximum absolute atomic E-state index is 5.48. The predicted molar refractivity (Wildman–Crippen MR) is 93.6 cm³/mol. The topological polar surface area (TPSA) is 41.5 Å². The molecule has 23 heavy (non-hydrogen) atoms. The van der Waals surface area contributed by atoms with Crippen LogP contribution in [0.3, 0.4) is 0 Å². The highest BCUT2D eigenvalue weighted by atomic mass is 16.5. The minimum Gasteiger partial charge on any atom is -0.495 e. The van der Waals surface area contributed by atoms with Gasteiger partial charge in [-0.05, 0) is 25.5 Å². The number of rotatable bonds is 4. The highest BCUT2D eigenvalue weighted by molar-refractivity contribution is 5.59. The van der Waals surface area contributed by atoms with E-state index in [1.807, 2.05) is 19.1 Å². The number of nitrogens with zero attached hydrogens (tertiary/aromatic N) is 4. The van der Waals surface area contributed by atoms with Gasteiger partial charge in [-0.15, -0.1) is 0 Å². The summed E-state index contributed by atoms with van der Waals surface area (Å²) in [7, 11) is 1.73. The van der Waals surface area contributed by atoms with E-state index in [1.54, 1.807) is 7.11 Å². The van der Waals surface area contributed by atoms with E-state index in [9.17, 15) is 0 Å². The molecule has 1 aliphatic heterocycles. The number of benzene rings is 1. The Bertz CT molecular complexity index is 666. The van der Waals surface area contributed by atoms with Crippen LogP contribution >= 0.6 is 0 Å². The van der Waals surface area contributed by atoms with Crippen molar-refractivity contribution in [2.45, 2.75) is 20.3 Å². The van der Waals surface area contributed by atoms with Crippen LogP contribution in [-0.4, -0.2) is 43.3 Å². The number of para-hydroxylation sites is 2. The molecule has 1 fully saturated rings. The fourth-order valence-electron chi connectivity index (χ4n) is 3.02. The van der Waals surface area contributed by atoms with E-state index in [2.05, 4.69) is 44.9 Å². The summed E-state index contributed by atoms with van der Waals surface area (Å²) in [6.07, 6.45) is 0.942. The highest BCUT2D eigenvalue weighted by Gasteiger charge is 2.20. The fourth-order valence-corrected chi connectivity index (χ4v) is 3.02. The molecule has 2 heterocycles. The molecular formula is C18H24N4O. The lowest BCUT2D eigenvalue weighted by Gasteiger charge is -2.37. The van der Waals surface area contributed by atoms with Crippen LogP contribution in [-0.2, 0) is 6.42 Å². The Hall–Kier alpha value is -2.30. The molecule has 0 amide bonds. The maximum atomic E-state index is 5.48. The van der Waals surface area contributed by atoms with Gasteiger partial charge in [-0.25, -0.2) is 9.97 Å². The van der Waals surface area contributed by atoms with Crippen molar-refractivity contribution < 1.29 is 4.74 Å². The molecule has 0 atom stereocenters. The van der Waals surface area contributed by atoms with E-state index in [4.69, 9.17) is 4.74 Å². The summed E-state index contributed by atoms with van der Waals surface area (Å²) in [5.41, 5.74) is 2.28. The predicted octanol–water partition coefficient (Wildman–Crippen LogP) is 2.68. The molecule has 1 aromatic carbocycles. The van der Waals surface area contributed by atoms with Crippen molar-refractivity contribution in [1.29, 1.82) is 0 Å². The van der Waals surface area contributed by atoms with Gasteiger partial charge in [-0.1, -0.05) is 19.1 Å². The van der Waals surface area contributed by atoms with E-state index in [1.165, 1.54) is 5.69 Å². The third-order valence-corrected chi connectivity index (χ3v) is 4.27. The standard InChI is InChI=1S/C18H24N4O/c1-4-15-13-18(20-14(2)19-15)22-11-9-21(10-12-22)16-7-5-6-8-17(16)23-3/h5-8,13H,4,9-12H2,1-3H3. The van der Waals surface area contributed by atoms with Crippen LogP contribution in [0.25, 0.3) is 0 Å². The Balaban J connectivity index is 1.72. The fraction of sp³-hybridized carbons (Fsp3) is 0.444. The molecule has 0 spiro atoms. The van der Waals surface area contributed by atoms with Crippen molar-refractivity contribution in [3.05, 3.63) is 41.9 Å². The Morgan fingerprint density at radius 3 is 2.43 bits per heavy atom. The van der Waals surface area contributed by atoms with Crippen LogP contribution in [0.5, 0.6) is 5.75 Å². The summed E-state index contributed by atoms with van der Waals surface area (Å²) in [6.45, 7) is 7.93. The van der Waals surface area contributed by atoms with Gasteiger partial charge in [0.1, 0.15) is 17.4 Å². The Labute approximate surface area is 137 Å². The van der Waals surface area contributed by atoms with Crippen molar-refractivity contribution in [3.63, 3.8) is 0 Å². The normalized spacial score (nSPS) is 14.9. The summed E-state index contributed by atoms with van der Waals surface area (Å²) in [6, 6.07) is 10.3. The second kappa shape index (κ2) is 6.86. The number of aryl methyl sites for hydroxylation is 2. The number of ether oxygens (including phenoxy) is 1. The first-order valence-corrected chi connectivity index (χ1v) is 8.18. The van der Waals surface area contributed by atoms with E-state index in [0.717, 1.165) is 55.7 Å².